The summed E-state index contributed by atoms with van der Waals surface area (Å²) in [5.74, 6) is -1.44. The van der Waals surface area contributed by atoms with Crippen molar-refractivity contribution in [3.63, 3.8) is 0 Å². The number of aliphatic carboxylic acids is 1. The van der Waals surface area contributed by atoms with Crippen LogP contribution in [0.2, 0.25) is 0 Å². The lowest BCUT2D eigenvalue weighted by atomic mass is 10.00. The second-order valence-corrected chi connectivity index (χ2v) is 3.75. The van der Waals surface area contributed by atoms with Gasteiger partial charge < -0.3 is 21.1 Å². The molecule has 0 fully saturated rings. The number of carbonyl (C=O) groups is 3. The maximum Gasteiger partial charge on any atom is 0.329 e. The molecule has 3 amide bonds. The van der Waals surface area contributed by atoms with E-state index in [4.69, 9.17) is 5.11 Å². The largest absolute Gasteiger partial charge is 0.480 e. The molecular formula is C10H19N3O4. The first-order chi connectivity index (χ1) is 7.85. The van der Waals surface area contributed by atoms with Crippen LogP contribution in [0.3, 0.4) is 0 Å². The van der Waals surface area contributed by atoms with Crippen LogP contribution in [-0.4, -0.2) is 41.6 Å². The quantitative estimate of drug-likeness (QED) is 0.514. The predicted molar refractivity (Wildman–Crippen MR) is 61.5 cm³/mol. The van der Waals surface area contributed by atoms with Gasteiger partial charge in [0.15, 0.2) is 0 Å². The van der Waals surface area contributed by atoms with Crippen molar-refractivity contribution in [2.24, 2.45) is 0 Å². The minimum absolute atomic E-state index is 0.181. The first kappa shape index (κ1) is 15.2. The molecule has 4 N–H and O–H groups in total. The Labute approximate surface area is 100.0 Å². The number of likely N-dealkylation sites (N-methyl/N-ethyl adjacent to an activating group) is 1. The fraction of sp³-hybridized carbons (Fsp3) is 0.700. The fourth-order valence-corrected chi connectivity index (χ4v) is 1.01. The van der Waals surface area contributed by atoms with Gasteiger partial charge in [0.05, 0.1) is 6.54 Å². The van der Waals surface area contributed by atoms with Crippen molar-refractivity contribution in [3.05, 3.63) is 0 Å². The molecule has 0 radical (unpaired) electrons. The van der Waals surface area contributed by atoms with Gasteiger partial charge in [-0.05, 0) is 20.3 Å². The molecule has 98 valence electrons. The summed E-state index contributed by atoms with van der Waals surface area (Å²) in [6.07, 6.45) is 0.247. The minimum atomic E-state index is -1.33. The zero-order chi connectivity index (χ0) is 13.5. The van der Waals surface area contributed by atoms with Gasteiger partial charge in [0.25, 0.3) is 0 Å². The number of nitrogens with one attached hydrogen (secondary N) is 3. The Bertz CT molecular complexity index is 306. The standard InChI is InChI=1S/C10H19N3O4/c1-4-10(3,8(15)16)13-9(17)12-6-7(14)11-5-2/h4-6H2,1-3H3,(H,11,14)(H,15,16)(H2,12,13,17). The van der Waals surface area contributed by atoms with Crippen LogP contribution >= 0.6 is 0 Å². The van der Waals surface area contributed by atoms with Crippen molar-refractivity contribution in [1.29, 1.82) is 0 Å². The van der Waals surface area contributed by atoms with E-state index in [0.29, 0.717) is 6.54 Å². The molecule has 0 aromatic carbocycles. The molecule has 0 aliphatic heterocycles. The maximum atomic E-state index is 11.4. The van der Waals surface area contributed by atoms with Crippen LogP contribution in [0.1, 0.15) is 27.2 Å². The molecule has 7 nitrogen and oxygen atoms in total. The first-order valence-corrected chi connectivity index (χ1v) is 5.41. The van der Waals surface area contributed by atoms with E-state index in [9.17, 15) is 14.4 Å². The average Bonchev–Trinajstić information content (AvgIpc) is 2.26. The number of rotatable bonds is 6. The molecule has 0 aromatic heterocycles. The van der Waals surface area contributed by atoms with E-state index >= 15 is 0 Å². The molecule has 0 saturated carbocycles. The van der Waals surface area contributed by atoms with Gasteiger partial charge in [-0.25, -0.2) is 9.59 Å². The molecule has 0 saturated heterocycles. The van der Waals surface area contributed by atoms with E-state index in [2.05, 4.69) is 16.0 Å². The van der Waals surface area contributed by atoms with Gasteiger partial charge in [-0.15, -0.1) is 0 Å². The molecule has 0 bridgehead atoms. The fourth-order valence-electron chi connectivity index (χ4n) is 1.01. The Morgan fingerprint density at radius 1 is 1.18 bits per heavy atom. The Kier molecular flexibility index (Phi) is 6.01. The van der Waals surface area contributed by atoms with E-state index in [1.54, 1.807) is 13.8 Å². The molecule has 7 heteroatoms. The van der Waals surface area contributed by atoms with Crippen LogP contribution in [0.5, 0.6) is 0 Å². The Morgan fingerprint density at radius 3 is 2.18 bits per heavy atom. The highest BCUT2D eigenvalue weighted by Gasteiger charge is 2.32. The number of carboxylic acids is 1. The normalized spacial score (nSPS) is 13.4. The zero-order valence-corrected chi connectivity index (χ0v) is 10.3. The summed E-state index contributed by atoms with van der Waals surface area (Å²) in [6, 6.07) is -0.678. The second kappa shape index (κ2) is 6.72. The first-order valence-electron chi connectivity index (χ1n) is 5.41. The predicted octanol–water partition coefficient (Wildman–Crippen LogP) is -0.325. The van der Waals surface area contributed by atoms with Gasteiger partial charge in [0.1, 0.15) is 5.54 Å². The SMILES string of the molecule is CCNC(=O)CNC(=O)NC(C)(CC)C(=O)O. The van der Waals surface area contributed by atoms with Crippen molar-refractivity contribution < 1.29 is 19.5 Å². The van der Waals surface area contributed by atoms with E-state index in [0.717, 1.165) is 0 Å². The monoisotopic (exact) mass is 245 g/mol. The molecule has 1 atom stereocenters. The summed E-state index contributed by atoms with van der Waals surface area (Å²) in [6.45, 7) is 5.11. The molecule has 0 heterocycles. The maximum absolute atomic E-state index is 11.4. The van der Waals surface area contributed by atoms with E-state index in [1.165, 1.54) is 6.92 Å². The van der Waals surface area contributed by atoms with Crippen LogP contribution < -0.4 is 16.0 Å². The third kappa shape index (κ3) is 5.19. The number of urea groups is 1. The van der Waals surface area contributed by atoms with Gasteiger partial charge in [0.2, 0.25) is 5.91 Å². The lowest BCUT2D eigenvalue weighted by molar-refractivity contribution is -0.143. The van der Waals surface area contributed by atoms with Crippen LogP contribution in [0.25, 0.3) is 0 Å². The smallest absolute Gasteiger partial charge is 0.329 e. The van der Waals surface area contributed by atoms with Gasteiger partial charge in [0, 0.05) is 6.54 Å². The highest BCUT2D eigenvalue weighted by molar-refractivity contribution is 5.88. The topological polar surface area (TPSA) is 108 Å². The molecule has 17 heavy (non-hydrogen) atoms. The van der Waals surface area contributed by atoms with Crippen LogP contribution in [0.4, 0.5) is 4.79 Å². The lowest BCUT2D eigenvalue weighted by Crippen LogP contribution is -2.55. The number of amides is 3. The molecule has 0 spiro atoms. The summed E-state index contributed by atoms with van der Waals surface area (Å²) in [5.41, 5.74) is -1.33. The van der Waals surface area contributed by atoms with Crippen molar-refractivity contribution in [2.45, 2.75) is 32.7 Å². The highest BCUT2D eigenvalue weighted by Crippen LogP contribution is 2.08. The second-order valence-electron chi connectivity index (χ2n) is 3.75. The lowest BCUT2D eigenvalue weighted by Gasteiger charge is -2.24. The number of hydrogen-bond acceptors (Lipinski definition) is 3. The molecular weight excluding hydrogens is 226 g/mol. The molecule has 0 rings (SSSR count). The van der Waals surface area contributed by atoms with Gasteiger partial charge in [-0.2, -0.15) is 0 Å². The van der Waals surface area contributed by atoms with Gasteiger partial charge >= 0.3 is 12.0 Å². The van der Waals surface area contributed by atoms with Crippen molar-refractivity contribution in [1.82, 2.24) is 16.0 Å². The summed E-state index contributed by atoms with van der Waals surface area (Å²) in [7, 11) is 0. The average molecular weight is 245 g/mol. The highest BCUT2D eigenvalue weighted by atomic mass is 16.4. The van der Waals surface area contributed by atoms with E-state index in [-0.39, 0.29) is 18.9 Å². The molecule has 0 aliphatic carbocycles. The van der Waals surface area contributed by atoms with E-state index < -0.39 is 17.5 Å². The molecule has 0 aromatic rings. The number of carboxylic acid groups (broad SMARTS) is 1. The molecule has 0 aliphatic rings. The Morgan fingerprint density at radius 2 is 1.76 bits per heavy atom. The summed E-state index contributed by atoms with van der Waals surface area (Å²) >= 11 is 0. The van der Waals surface area contributed by atoms with Crippen molar-refractivity contribution >= 4 is 17.9 Å². The Hall–Kier alpha value is -1.79. The minimum Gasteiger partial charge on any atom is -0.480 e. The Balaban J connectivity index is 4.17. The van der Waals surface area contributed by atoms with Crippen LogP contribution in [0.15, 0.2) is 0 Å². The van der Waals surface area contributed by atoms with Crippen molar-refractivity contribution in [3.8, 4) is 0 Å². The number of carbonyl (C=O) groups excluding carboxylic acids is 2. The van der Waals surface area contributed by atoms with Gasteiger partial charge in [-0.1, -0.05) is 6.92 Å². The summed E-state index contributed by atoms with van der Waals surface area (Å²) in [4.78, 5) is 33.3. The van der Waals surface area contributed by atoms with Crippen molar-refractivity contribution in [2.75, 3.05) is 13.1 Å². The van der Waals surface area contributed by atoms with Gasteiger partial charge in [-0.3, -0.25) is 4.79 Å². The zero-order valence-electron chi connectivity index (χ0n) is 10.3. The van der Waals surface area contributed by atoms with E-state index in [1.807, 2.05) is 0 Å². The third-order valence-corrected chi connectivity index (χ3v) is 2.35. The third-order valence-electron chi connectivity index (χ3n) is 2.35. The van der Waals surface area contributed by atoms with Crippen LogP contribution in [-0.2, 0) is 9.59 Å². The number of hydrogen-bond donors (Lipinski definition) is 4. The summed E-state index contributed by atoms with van der Waals surface area (Å²) in [5, 5.41) is 16.0. The summed E-state index contributed by atoms with van der Waals surface area (Å²) < 4.78 is 0. The molecule has 1 unspecified atom stereocenters. The van der Waals surface area contributed by atoms with Crippen LogP contribution in [0, 0.1) is 0 Å².